The number of rotatable bonds is 6. The summed E-state index contributed by atoms with van der Waals surface area (Å²) in [4.78, 5) is 26.8. The number of piperidine rings is 1. The smallest absolute Gasteiger partial charge is 0.278 e. The van der Waals surface area contributed by atoms with Gasteiger partial charge in [-0.15, -0.1) is 0 Å². The lowest BCUT2D eigenvalue weighted by Gasteiger charge is -2.30. The van der Waals surface area contributed by atoms with E-state index < -0.39 is 0 Å². The van der Waals surface area contributed by atoms with Crippen molar-refractivity contribution in [1.29, 1.82) is 0 Å². The van der Waals surface area contributed by atoms with E-state index in [1.54, 1.807) is 23.2 Å². The van der Waals surface area contributed by atoms with E-state index in [1.807, 2.05) is 31.2 Å². The molecule has 0 unspecified atom stereocenters. The number of para-hydroxylation sites is 1. The first-order valence-corrected chi connectivity index (χ1v) is 11.3. The Morgan fingerprint density at radius 2 is 1.81 bits per heavy atom. The summed E-state index contributed by atoms with van der Waals surface area (Å²) in [6.45, 7) is 7.08. The zero-order valence-electron chi connectivity index (χ0n) is 18.7. The number of hydrazone groups is 1. The maximum Gasteiger partial charge on any atom is 0.278 e. The van der Waals surface area contributed by atoms with Crippen molar-refractivity contribution in [2.75, 3.05) is 19.6 Å². The van der Waals surface area contributed by atoms with E-state index in [4.69, 9.17) is 0 Å². The molecule has 7 nitrogen and oxygen atoms in total. The molecule has 1 fully saturated rings. The largest absolute Gasteiger partial charge is 0.303 e. The van der Waals surface area contributed by atoms with E-state index in [2.05, 4.69) is 16.9 Å². The topological polar surface area (TPSA) is 79.0 Å². The van der Waals surface area contributed by atoms with Crippen LogP contribution in [0.5, 0.6) is 0 Å². The molecule has 0 N–H and O–H groups in total. The fourth-order valence-corrected chi connectivity index (χ4v) is 4.48. The molecule has 1 amide bonds. The van der Waals surface area contributed by atoms with E-state index >= 15 is 0 Å². The quantitative estimate of drug-likeness (QED) is 0.487. The molecule has 0 saturated carbocycles. The first-order chi connectivity index (χ1) is 15.4. The predicted octanol–water partition coefficient (Wildman–Crippen LogP) is 4.70. The van der Waals surface area contributed by atoms with Crippen LogP contribution >= 0.6 is 0 Å². The zero-order chi connectivity index (χ0) is 22.7. The number of carbonyl (C=O) groups is 1. The molecule has 2 aromatic rings. The van der Waals surface area contributed by atoms with Crippen LogP contribution in [0.2, 0.25) is 0 Å². The van der Waals surface area contributed by atoms with Gasteiger partial charge in [0.25, 0.3) is 5.69 Å². The van der Waals surface area contributed by atoms with Gasteiger partial charge in [0, 0.05) is 25.5 Å². The number of hydrogen-bond donors (Lipinski definition) is 0. The second-order valence-corrected chi connectivity index (χ2v) is 8.96. The van der Waals surface area contributed by atoms with Gasteiger partial charge in [-0.2, -0.15) is 5.10 Å². The van der Waals surface area contributed by atoms with Crippen molar-refractivity contribution in [3.63, 3.8) is 0 Å². The minimum absolute atomic E-state index is 0.0191. The molecule has 0 aromatic heterocycles. The van der Waals surface area contributed by atoms with Crippen LogP contribution in [-0.4, -0.2) is 46.1 Å². The Labute approximate surface area is 188 Å². The van der Waals surface area contributed by atoms with Crippen molar-refractivity contribution < 1.29 is 9.72 Å². The normalized spacial score (nSPS) is 19.8. The second-order valence-electron chi connectivity index (χ2n) is 8.96. The van der Waals surface area contributed by atoms with Gasteiger partial charge in [-0.05, 0) is 50.4 Å². The standard InChI is InChI=1S/C25H30N4O3/c1-18-7-9-20(10-8-18)24-17-22(21-5-3-4-6-23(21)29(31)32)26-28(24)25(30)13-16-27-14-11-19(2)12-15-27/h3-10,19,24H,11-17H2,1-2H3/t24-/m0/s1. The van der Waals surface area contributed by atoms with Gasteiger partial charge in [0.15, 0.2) is 0 Å². The maximum atomic E-state index is 13.3. The van der Waals surface area contributed by atoms with Crippen molar-refractivity contribution in [2.45, 2.75) is 45.6 Å². The van der Waals surface area contributed by atoms with E-state index in [0.717, 1.165) is 36.7 Å². The Bertz CT molecular complexity index is 1010. The van der Waals surface area contributed by atoms with Gasteiger partial charge in [-0.3, -0.25) is 14.9 Å². The highest BCUT2D eigenvalue weighted by molar-refractivity contribution is 6.06. The zero-order valence-corrected chi connectivity index (χ0v) is 18.7. The lowest BCUT2D eigenvalue weighted by Crippen LogP contribution is -2.36. The Morgan fingerprint density at radius 1 is 1.12 bits per heavy atom. The molecule has 7 heteroatoms. The number of aryl methyl sites for hydroxylation is 1. The third-order valence-corrected chi connectivity index (χ3v) is 6.56. The van der Waals surface area contributed by atoms with E-state index in [0.29, 0.717) is 24.1 Å². The molecule has 1 saturated heterocycles. The van der Waals surface area contributed by atoms with Crippen molar-refractivity contribution in [1.82, 2.24) is 9.91 Å². The van der Waals surface area contributed by atoms with E-state index in [1.165, 1.54) is 18.9 Å². The van der Waals surface area contributed by atoms with Crippen molar-refractivity contribution in [2.24, 2.45) is 11.0 Å². The van der Waals surface area contributed by atoms with Crippen molar-refractivity contribution >= 4 is 17.3 Å². The molecule has 168 valence electrons. The molecule has 0 bridgehead atoms. The number of nitro benzene ring substituents is 1. The summed E-state index contributed by atoms with van der Waals surface area (Å²) in [5.74, 6) is 0.711. The summed E-state index contributed by atoms with van der Waals surface area (Å²) >= 11 is 0. The molecule has 2 aliphatic rings. The minimum Gasteiger partial charge on any atom is -0.303 e. The van der Waals surface area contributed by atoms with E-state index in [-0.39, 0.29) is 22.6 Å². The highest BCUT2D eigenvalue weighted by Gasteiger charge is 2.35. The van der Waals surface area contributed by atoms with Gasteiger partial charge in [0.05, 0.1) is 22.2 Å². The maximum absolute atomic E-state index is 13.3. The summed E-state index contributed by atoms with van der Waals surface area (Å²) in [7, 11) is 0. The molecular weight excluding hydrogens is 404 g/mol. The molecule has 2 heterocycles. The van der Waals surface area contributed by atoms with Crippen LogP contribution in [0.1, 0.15) is 55.3 Å². The summed E-state index contributed by atoms with van der Waals surface area (Å²) < 4.78 is 0. The van der Waals surface area contributed by atoms with Crippen LogP contribution in [0.25, 0.3) is 0 Å². The molecule has 0 spiro atoms. The molecule has 4 rings (SSSR count). The molecule has 0 radical (unpaired) electrons. The summed E-state index contributed by atoms with van der Waals surface area (Å²) in [5.41, 5.74) is 3.22. The molecular formula is C25H30N4O3. The SMILES string of the molecule is Cc1ccc([C@@H]2CC(c3ccccc3[N+](=O)[O-])=NN2C(=O)CCN2CCC(C)CC2)cc1. The Hall–Kier alpha value is -3.06. The first-order valence-electron chi connectivity index (χ1n) is 11.3. The highest BCUT2D eigenvalue weighted by atomic mass is 16.6. The number of carbonyl (C=O) groups excluding carboxylic acids is 1. The number of amides is 1. The molecule has 2 aliphatic heterocycles. The van der Waals surface area contributed by atoms with Crippen LogP contribution in [0.4, 0.5) is 5.69 Å². The fourth-order valence-electron chi connectivity index (χ4n) is 4.48. The van der Waals surface area contributed by atoms with Crippen LogP contribution in [-0.2, 0) is 4.79 Å². The molecule has 32 heavy (non-hydrogen) atoms. The average Bonchev–Trinajstić information content (AvgIpc) is 3.24. The lowest BCUT2D eigenvalue weighted by molar-refractivity contribution is -0.385. The number of likely N-dealkylation sites (tertiary alicyclic amines) is 1. The number of nitro groups is 1. The van der Waals surface area contributed by atoms with Crippen LogP contribution in [0.15, 0.2) is 53.6 Å². The third kappa shape index (κ3) is 4.88. The fraction of sp³-hybridized carbons (Fsp3) is 0.440. The molecule has 0 aliphatic carbocycles. The lowest BCUT2D eigenvalue weighted by atomic mass is 9.97. The Morgan fingerprint density at radius 3 is 2.50 bits per heavy atom. The van der Waals surface area contributed by atoms with Gasteiger partial charge in [0.1, 0.15) is 0 Å². The monoisotopic (exact) mass is 434 g/mol. The molecule has 1 atom stereocenters. The van der Waals surface area contributed by atoms with Gasteiger partial charge >= 0.3 is 0 Å². The number of benzene rings is 2. The predicted molar refractivity (Wildman–Crippen MR) is 124 cm³/mol. The second kappa shape index (κ2) is 9.61. The van der Waals surface area contributed by atoms with Gasteiger partial charge in [0.2, 0.25) is 5.91 Å². The van der Waals surface area contributed by atoms with Crippen LogP contribution in [0.3, 0.4) is 0 Å². The summed E-state index contributed by atoms with van der Waals surface area (Å²) in [6, 6.07) is 14.5. The number of nitrogens with zero attached hydrogens (tertiary/aromatic N) is 4. The minimum atomic E-state index is -0.388. The van der Waals surface area contributed by atoms with E-state index in [9.17, 15) is 14.9 Å². The average molecular weight is 435 g/mol. The van der Waals surface area contributed by atoms with Gasteiger partial charge < -0.3 is 4.90 Å². The van der Waals surface area contributed by atoms with Crippen molar-refractivity contribution in [3.8, 4) is 0 Å². The first kappa shape index (κ1) is 22.1. The highest BCUT2D eigenvalue weighted by Crippen LogP contribution is 2.35. The van der Waals surface area contributed by atoms with Gasteiger partial charge in [-0.1, -0.05) is 48.9 Å². The molecule has 2 aromatic carbocycles. The van der Waals surface area contributed by atoms with Crippen molar-refractivity contribution in [3.05, 3.63) is 75.3 Å². The summed E-state index contributed by atoms with van der Waals surface area (Å²) in [6.07, 6.45) is 3.19. The number of hydrogen-bond acceptors (Lipinski definition) is 5. The Balaban J connectivity index is 1.57. The van der Waals surface area contributed by atoms with Crippen LogP contribution < -0.4 is 0 Å². The van der Waals surface area contributed by atoms with Crippen LogP contribution in [0, 0.1) is 23.0 Å². The van der Waals surface area contributed by atoms with Gasteiger partial charge in [-0.25, -0.2) is 5.01 Å². The summed E-state index contributed by atoms with van der Waals surface area (Å²) in [5, 5.41) is 17.7. The third-order valence-electron chi connectivity index (χ3n) is 6.56. The Kier molecular flexibility index (Phi) is 6.65.